The van der Waals surface area contributed by atoms with Gasteiger partial charge >= 0.3 is 0 Å². The number of fused-ring (bicyclic) bond motifs is 1. The van der Waals surface area contributed by atoms with E-state index in [1.54, 1.807) is 6.07 Å². The largest absolute Gasteiger partial charge is 0.493 e. The number of hydrogen-bond acceptors (Lipinski definition) is 6. The van der Waals surface area contributed by atoms with Crippen LogP contribution in [0.25, 0.3) is 0 Å². The summed E-state index contributed by atoms with van der Waals surface area (Å²) in [4.78, 5) is 17.0. The Morgan fingerprint density at radius 3 is 2.62 bits per heavy atom. The molecule has 1 saturated heterocycles. The number of hydrogen-bond donors (Lipinski definition) is 1. The van der Waals surface area contributed by atoms with E-state index in [4.69, 9.17) is 9.26 Å². The van der Waals surface area contributed by atoms with Gasteiger partial charge in [0.15, 0.2) is 0 Å². The van der Waals surface area contributed by atoms with Crippen LogP contribution in [0.1, 0.15) is 37.6 Å². The quantitative estimate of drug-likeness (QED) is 0.835. The predicted molar refractivity (Wildman–Crippen MR) is 111 cm³/mol. The van der Waals surface area contributed by atoms with Crippen molar-refractivity contribution in [3.8, 4) is 5.75 Å². The number of nitrogens with one attached hydrogen (secondary N) is 1. The average Bonchev–Trinajstić information content (AvgIpc) is 3.32. The summed E-state index contributed by atoms with van der Waals surface area (Å²) in [6.07, 6.45) is 1.01. The summed E-state index contributed by atoms with van der Waals surface area (Å²) in [6.45, 7) is 12.0. The fraction of sp³-hybridized carbons (Fsp3) is 0.545. The van der Waals surface area contributed by atoms with Gasteiger partial charge in [0, 0.05) is 50.6 Å². The molecule has 1 N–H and O–H groups in total. The van der Waals surface area contributed by atoms with Crippen LogP contribution in [0.4, 0.5) is 5.88 Å². The van der Waals surface area contributed by atoms with Crippen LogP contribution in [-0.2, 0) is 23.2 Å². The maximum Gasteiger partial charge on any atom is 0.240 e. The van der Waals surface area contributed by atoms with Crippen molar-refractivity contribution < 1.29 is 14.1 Å². The minimum atomic E-state index is -0.103. The van der Waals surface area contributed by atoms with Gasteiger partial charge in [-0.25, -0.2) is 0 Å². The van der Waals surface area contributed by atoms with Crippen molar-refractivity contribution in [2.75, 3.05) is 44.6 Å². The fourth-order valence-electron chi connectivity index (χ4n) is 3.77. The first-order valence-electron chi connectivity index (χ1n) is 10.3. The van der Waals surface area contributed by atoms with Gasteiger partial charge in [-0.2, -0.15) is 0 Å². The highest BCUT2D eigenvalue weighted by atomic mass is 16.5. The molecule has 0 atom stereocenters. The Hall–Kier alpha value is -2.38. The highest BCUT2D eigenvalue weighted by Crippen LogP contribution is 2.26. The van der Waals surface area contributed by atoms with Crippen LogP contribution in [0.15, 0.2) is 28.8 Å². The van der Waals surface area contributed by atoms with E-state index >= 15 is 0 Å². The third-order valence-corrected chi connectivity index (χ3v) is 5.53. The van der Waals surface area contributed by atoms with Crippen LogP contribution in [0.3, 0.4) is 0 Å². The van der Waals surface area contributed by atoms with Gasteiger partial charge in [-0.3, -0.25) is 19.9 Å². The van der Waals surface area contributed by atoms with Crippen LogP contribution in [-0.4, -0.2) is 60.2 Å². The molecule has 1 amide bonds. The molecule has 7 heteroatoms. The molecular weight excluding hydrogens is 368 g/mol. The number of anilines is 1. The number of carbonyl (C=O) groups excluding carboxylic acids is 1. The summed E-state index contributed by atoms with van der Waals surface area (Å²) in [7, 11) is 0. The standard InChI is InChI=1S/C22H30N4O3/c1-22(2,3)19-13-21(29-24-19)23-20(27)15-26-9-7-25(8-10-26)14-16-4-5-18-17(12-16)6-11-28-18/h4-5,12-13H,6-11,14-15H2,1-3H3,(H,23,27). The molecule has 1 aromatic carbocycles. The number of rotatable bonds is 5. The van der Waals surface area contributed by atoms with Crippen molar-refractivity contribution >= 4 is 11.8 Å². The second-order valence-electron chi connectivity index (χ2n) is 8.97. The first-order chi connectivity index (χ1) is 13.9. The average molecular weight is 399 g/mol. The molecule has 0 aliphatic carbocycles. The van der Waals surface area contributed by atoms with E-state index in [9.17, 15) is 4.79 Å². The third kappa shape index (κ3) is 4.97. The lowest BCUT2D eigenvalue weighted by Gasteiger charge is -2.34. The van der Waals surface area contributed by atoms with Crippen molar-refractivity contribution in [2.45, 2.75) is 39.2 Å². The molecule has 7 nitrogen and oxygen atoms in total. The number of amides is 1. The molecule has 1 fully saturated rings. The number of piperazine rings is 1. The molecule has 0 bridgehead atoms. The van der Waals surface area contributed by atoms with Gasteiger partial charge < -0.3 is 9.26 Å². The Morgan fingerprint density at radius 2 is 1.90 bits per heavy atom. The van der Waals surface area contributed by atoms with E-state index < -0.39 is 0 Å². The zero-order chi connectivity index (χ0) is 20.4. The van der Waals surface area contributed by atoms with Gasteiger partial charge in [-0.15, -0.1) is 0 Å². The number of carbonyl (C=O) groups is 1. The topological polar surface area (TPSA) is 70.8 Å². The summed E-state index contributed by atoms with van der Waals surface area (Å²) in [5.41, 5.74) is 3.38. The van der Waals surface area contributed by atoms with Gasteiger partial charge in [0.1, 0.15) is 5.75 Å². The zero-order valence-corrected chi connectivity index (χ0v) is 17.5. The highest BCUT2D eigenvalue weighted by molar-refractivity contribution is 5.91. The number of aromatic nitrogens is 1. The summed E-state index contributed by atoms with van der Waals surface area (Å²) in [5, 5.41) is 6.86. The molecule has 0 saturated carbocycles. The van der Waals surface area contributed by atoms with Crippen molar-refractivity contribution in [1.29, 1.82) is 0 Å². The summed E-state index contributed by atoms with van der Waals surface area (Å²) in [6, 6.07) is 8.32. The fourth-order valence-corrected chi connectivity index (χ4v) is 3.77. The lowest BCUT2D eigenvalue weighted by Crippen LogP contribution is -2.48. The van der Waals surface area contributed by atoms with Crippen LogP contribution in [0.5, 0.6) is 5.75 Å². The molecule has 2 aliphatic rings. The predicted octanol–water partition coefficient (Wildman–Crippen LogP) is 2.66. The number of nitrogens with zero attached hydrogens (tertiary/aromatic N) is 3. The van der Waals surface area contributed by atoms with Crippen molar-refractivity contribution in [3.63, 3.8) is 0 Å². The Balaban J connectivity index is 1.22. The molecule has 29 heavy (non-hydrogen) atoms. The molecule has 0 radical (unpaired) electrons. The second kappa shape index (κ2) is 8.16. The Kier molecular flexibility index (Phi) is 5.61. The molecule has 0 unspecified atom stereocenters. The number of ether oxygens (including phenoxy) is 1. The maximum atomic E-state index is 12.4. The third-order valence-electron chi connectivity index (χ3n) is 5.53. The van der Waals surface area contributed by atoms with Crippen LogP contribution in [0.2, 0.25) is 0 Å². The molecule has 1 aromatic heterocycles. The summed E-state index contributed by atoms with van der Waals surface area (Å²) < 4.78 is 10.8. The molecule has 2 aliphatic heterocycles. The highest BCUT2D eigenvalue weighted by Gasteiger charge is 2.22. The van der Waals surface area contributed by atoms with Crippen LogP contribution >= 0.6 is 0 Å². The SMILES string of the molecule is CC(C)(C)c1cc(NC(=O)CN2CCN(Cc3ccc4c(c3)CCO4)CC2)on1. The molecule has 4 rings (SSSR count). The minimum Gasteiger partial charge on any atom is -0.493 e. The molecule has 156 valence electrons. The van der Waals surface area contributed by atoms with Gasteiger partial charge in [-0.05, 0) is 17.2 Å². The van der Waals surface area contributed by atoms with E-state index in [2.05, 4.69) is 59.2 Å². The first-order valence-corrected chi connectivity index (χ1v) is 10.3. The molecular formula is C22H30N4O3. The molecule has 0 spiro atoms. The lowest BCUT2D eigenvalue weighted by atomic mass is 9.92. The lowest BCUT2D eigenvalue weighted by molar-refractivity contribution is -0.117. The smallest absolute Gasteiger partial charge is 0.240 e. The maximum absolute atomic E-state index is 12.4. The van der Waals surface area contributed by atoms with Crippen molar-refractivity contribution in [2.24, 2.45) is 0 Å². The molecule has 3 heterocycles. The van der Waals surface area contributed by atoms with E-state index in [0.717, 1.165) is 57.2 Å². The van der Waals surface area contributed by atoms with E-state index in [1.807, 2.05) is 0 Å². The Bertz CT molecular complexity index is 863. The van der Waals surface area contributed by atoms with Gasteiger partial charge in [0.2, 0.25) is 11.8 Å². The minimum absolute atomic E-state index is 0.0614. The normalized spacial score (nSPS) is 17.8. The van der Waals surface area contributed by atoms with Gasteiger partial charge in [0.05, 0.1) is 18.8 Å². The summed E-state index contributed by atoms with van der Waals surface area (Å²) >= 11 is 0. The van der Waals surface area contributed by atoms with Crippen LogP contribution < -0.4 is 10.1 Å². The van der Waals surface area contributed by atoms with E-state index in [1.165, 1.54) is 11.1 Å². The van der Waals surface area contributed by atoms with Crippen molar-refractivity contribution in [3.05, 3.63) is 41.1 Å². The molecule has 2 aromatic rings. The van der Waals surface area contributed by atoms with Gasteiger partial charge in [0.25, 0.3) is 0 Å². The van der Waals surface area contributed by atoms with Crippen LogP contribution in [0, 0.1) is 0 Å². The number of benzene rings is 1. The zero-order valence-electron chi connectivity index (χ0n) is 17.5. The first kappa shape index (κ1) is 19.9. The monoisotopic (exact) mass is 398 g/mol. The Morgan fingerprint density at radius 1 is 1.14 bits per heavy atom. The Labute approximate surface area is 172 Å². The van der Waals surface area contributed by atoms with E-state index in [-0.39, 0.29) is 11.3 Å². The van der Waals surface area contributed by atoms with Crippen molar-refractivity contribution in [1.82, 2.24) is 15.0 Å². The second-order valence-corrected chi connectivity index (χ2v) is 8.97. The van der Waals surface area contributed by atoms with Gasteiger partial charge in [-0.1, -0.05) is 38.1 Å². The summed E-state index contributed by atoms with van der Waals surface area (Å²) in [5.74, 6) is 1.39. The van der Waals surface area contributed by atoms with E-state index in [0.29, 0.717) is 12.4 Å².